The van der Waals surface area contributed by atoms with Gasteiger partial charge in [-0.2, -0.15) is 0 Å². The van der Waals surface area contributed by atoms with E-state index in [2.05, 4.69) is 40.1 Å². The average molecular weight is 283 g/mol. The van der Waals surface area contributed by atoms with Gasteiger partial charge in [0.15, 0.2) is 0 Å². The summed E-state index contributed by atoms with van der Waals surface area (Å²) in [5.74, 6) is 5.75. The molecule has 0 amide bonds. The van der Waals surface area contributed by atoms with Gasteiger partial charge in [0.1, 0.15) is 0 Å². The maximum absolute atomic E-state index is 5.75. The van der Waals surface area contributed by atoms with E-state index >= 15 is 0 Å². The molecule has 0 spiro atoms. The summed E-state index contributed by atoms with van der Waals surface area (Å²) in [6, 6.07) is 14.6. The summed E-state index contributed by atoms with van der Waals surface area (Å²) >= 11 is 1.79. The lowest BCUT2D eigenvalue weighted by Crippen LogP contribution is -2.29. The van der Waals surface area contributed by atoms with Crippen molar-refractivity contribution in [1.29, 1.82) is 0 Å². The number of nitrogens with two attached hydrogens (primary N) is 1. The van der Waals surface area contributed by atoms with E-state index in [-0.39, 0.29) is 6.04 Å². The highest BCUT2D eigenvalue weighted by Crippen LogP contribution is 2.25. The minimum atomic E-state index is 0.0724. The number of pyridine rings is 1. The average Bonchev–Trinajstić information content (AvgIpc) is 3.01. The Morgan fingerprint density at radius 1 is 1.15 bits per heavy atom. The molecule has 3 N–H and O–H groups in total. The van der Waals surface area contributed by atoms with Crippen LogP contribution in [-0.4, -0.2) is 4.98 Å². The number of thiophene rings is 1. The Morgan fingerprint density at radius 2 is 2.05 bits per heavy atom. The van der Waals surface area contributed by atoms with Crippen molar-refractivity contribution in [3.05, 3.63) is 64.6 Å². The van der Waals surface area contributed by atoms with Crippen molar-refractivity contribution in [3.63, 3.8) is 0 Å². The SMILES string of the molecule is NNC(CCc1cccs1)c1nccc2ccccc12. The fourth-order valence-electron chi connectivity index (χ4n) is 2.46. The fraction of sp³-hybridized carbons (Fsp3) is 0.188. The lowest BCUT2D eigenvalue weighted by atomic mass is 10.0. The van der Waals surface area contributed by atoms with Crippen molar-refractivity contribution in [2.75, 3.05) is 0 Å². The monoisotopic (exact) mass is 283 g/mol. The third kappa shape index (κ3) is 2.72. The smallest absolute Gasteiger partial charge is 0.0664 e. The number of nitrogens with zero attached hydrogens (tertiary/aromatic N) is 1. The highest BCUT2D eigenvalue weighted by Gasteiger charge is 2.14. The first-order valence-corrected chi connectivity index (χ1v) is 7.58. The van der Waals surface area contributed by atoms with Crippen LogP contribution < -0.4 is 11.3 Å². The van der Waals surface area contributed by atoms with E-state index in [4.69, 9.17) is 5.84 Å². The van der Waals surface area contributed by atoms with Gasteiger partial charge in [-0.25, -0.2) is 0 Å². The molecule has 20 heavy (non-hydrogen) atoms. The van der Waals surface area contributed by atoms with E-state index in [1.54, 1.807) is 11.3 Å². The summed E-state index contributed by atoms with van der Waals surface area (Å²) in [5.41, 5.74) is 3.94. The molecular formula is C16H17N3S. The Hall–Kier alpha value is -1.75. The van der Waals surface area contributed by atoms with Crippen molar-refractivity contribution in [3.8, 4) is 0 Å². The summed E-state index contributed by atoms with van der Waals surface area (Å²) in [6.45, 7) is 0. The van der Waals surface area contributed by atoms with Gasteiger partial charge in [-0.3, -0.25) is 16.3 Å². The molecule has 0 bridgehead atoms. The van der Waals surface area contributed by atoms with Crippen molar-refractivity contribution in [2.45, 2.75) is 18.9 Å². The van der Waals surface area contributed by atoms with Crippen molar-refractivity contribution in [1.82, 2.24) is 10.4 Å². The van der Waals surface area contributed by atoms with E-state index in [0.29, 0.717) is 0 Å². The van der Waals surface area contributed by atoms with E-state index in [1.807, 2.05) is 24.4 Å². The molecule has 4 heteroatoms. The molecule has 2 heterocycles. The standard InChI is InChI=1S/C16H17N3S/c17-19-15(8-7-13-5-3-11-20-13)16-14-6-2-1-4-12(14)9-10-18-16/h1-6,9-11,15,19H,7-8,17H2. The fourth-order valence-corrected chi connectivity index (χ4v) is 3.19. The minimum Gasteiger partial charge on any atom is -0.271 e. The Balaban J connectivity index is 1.87. The first kappa shape index (κ1) is 13.2. The molecule has 0 radical (unpaired) electrons. The summed E-state index contributed by atoms with van der Waals surface area (Å²) in [6.07, 6.45) is 3.81. The zero-order valence-corrected chi connectivity index (χ0v) is 11.9. The molecule has 0 saturated heterocycles. The van der Waals surface area contributed by atoms with Crippen molar-refractivity contribution < 1.29 is 0 Å². The second-order valence-corrected chi connectivity index (χ2v) is 5.79. The van der Waals surface area contributed by atoms with Gasteiger partial charge < -0.3 is 0 Å². The van der Waals surface area contributed by atoms with Crippen LogP contribution in [0.2, 0.25) is 0 Å². The number of aryl methyl sites for hydroxylation is 1. The number of hydrazine groups is 1. The Bertz CT molecular complexity index is 674. The molecule has 0 aliphatic heterocycles. The van der Waals surface area contributed by atoms with Crippen LogP contribution in [0.3, 0.4) is 0 Å². The largest absolute Gasteiger partial charge is 0.271 e. The number of hydrogen-bond donors (Lipinski definition) is 2. The topological polar surface area (TPSA) is 50.9 Å². The highest BCUT2D eigenvalue weighted by molar-refractivity contribution is 7.09. The molecule has 1 atom stereocenters. The van der Waals surface area contributed by atoms with Crippen molar-refractivity contribution >= 4 is 22.1 Å². The number of hydrogen-bond acceptors (Lipinski definition) is 4. The highest BCUT2D eigenvalue weighted by atomic mass is 32.1. The summed E-state index contributed by atoms with van der Waals surface area (Å²) in [4.78, 5) is 5.92. The molecule has 102 valence electrons. The van der Waals surface area contributed by atoms with Gasteiger partial charge in [-0.15, -0.1) is 11.3 Å². The second-order valence-electron chi connectivity index (χ2n) is 4.75. The lowest BCUT2D eigenvalue weighted by Gasteiger charge is -2.17. The molecule has 3 nitrogen and oxygen atoms in total. The predicted molar refractivity (Wildman–Crippen MR) is 84.4 cm³/mol. The number of benzene rings is 1. The predicted octanol–water partition coefficient (Wildman–Crippen LogP) is 3.43. The Morgan fingerprint density at radius 3 is 2.85 bits per heavy atom. The van der Waals surface area contributed by atoms with Crippen LogP contribution in [-0.2, 0) is 6.42 Å². The third-order valence-corrected chi connectivity index (χ3v) is 4.43. The minimum absolute atomic E-state index is 0.0724. The van der Waals surface area contributed by atoms with Gasteiger partial charge in [-0.1, -0.05) is 30.3 Å². The molecule has 3 rings (SSSR count). The number of nitrogens with one attached hydrogen (secondary N) is 1. The zero-order valence-electron chi connectivity index (χ0n) is 11.1. The second kappa shape index (κ2) is 6.13. The van der Waals surface area contributed by atoms with Gasteiger partial charge in [0, 0.05) is 16.5 Å². The van der Waals surface area contributed by atoms with E-state index in [9.17, 15) is 0 Å². The first-order chi connectivity index (χ1) is 9.88. The van der Waals surface area contributed by atoms with Gasteiger partial charge in [0.25, 0.3) is 0 Å². The molecule has 1 unspecified atom stereocenters. The molecule has 0 aliphatic carbocycles. The Labute approximate surface area is 122 Å². The summed E-state index contributed by atoms with van der Waals surface area (Å²) < 4.78 is 0. The molecule has 1 aromatic carbocycles. The van der Waals surface area contributed by atoms with Gasteiger partial charge in [-0.05, 0) is 35.7 Å². The van der Waals surface area contributed by atoms with Crippen LogP contribution in [0, 0.1) is 0 Å². The van der Waals surface area contributed by atoms with Crippen LogP contribution >= 0.6 is 11.3 Å². The third-order valence-electron chi connectivity index (χ3n) is 3.50. The summed E-state index contributed by atoms with van der Waals surface area (Å²) in [5, 5.41) is 4.48. The van der Waals surface area contributed by atoms with Gasteiger partial charge >= 0.3 is 0 Å². The molecule has 3 aromatic rings. The van der Waals surface area contributed by atoms with Crippen LogP contribution in [0.25, 0.3) is 10.8 Å². The van der Waals surface area contributed by atoms with Gasteiger partial charge in [0.05, 0.1) is 11.7 Å². The molecule has 0 aliphatic rings. The van der Waals surface area contributed by atoms with Crippen LogP contribution in [0.4, 0.5) is 0 Å². The zero-order chi connectivity index (χ0) is 13.8. The van der Waals surface area contributed by atoms with E-state index in [0.717, 1.165) is 18.5 Å². The quantitative estimate of drug-likeness (QED) is 0.557. The molecule has 2 aromatic heterocycles. The maximum atomic E-state index is 5.75. The Kier molecular flexibility index (Phi) is 4.06. The normalized spacial score (nSPS) is 12.7. The van der Waals surface area contributed by atoms with Crippen molar-refractivity contribution in [2.24, 2.45) is 5.84 Å². The van der Waals surface area contributed by atoms with E-state index in [1.165, 1.54) is 15.6 Å². The first-order valence-electron chi connectivity index (χ1n) is 6.70. The van der Waals surface area contributed by atoms with Gasteiger partial charge in [0.2, 0.25) is 0 Å². The van der Waals surface area contributed by atoms with Crippen LogP contribution in [0.15, 0.2) is 54.0 Å². The maximum Gasteiger partial charge on any atom is 0.0664 e. The molecular weight excluding hydrogens is 266 g/mol. The molecule has 0 saturated carbocycles. The lowest BCUT2D eigenvalue weighted by molar-refractivity contribution is 0.510. The van der Waals surface area contributed by atoms with E-state index < -0.39 is 0 Å². The molecule has 0 fully saturated rings. The van der Waals surface area contributed by atoms with Crippen LogP contribution in [0.5, 0.6) is 0 Å². The number of aromatic nitrogens is 1. The number of rotatable bonds is 5. The number of fused-ring (bicyclic) bond motifs is 1. The summed E-state index contributed by atoms with van der Waals surface area (Å²) in [7, 11) is 0. The van der Waals surface area contributed by atoms with Crippen LogP contribution in [0.1, 0.15) is 23.0 Å².